The predicted molar refractivity (Wildman–Crippen MR) is 92.4 cm³/mol. The zero-order valence-corrected chi connectivity index (χ0v) is 13.6. The minimum absolute atomic E-state index is 0.223. The molecule has 2 rings (SSSR count). The highest BCUT2D eigenvalue weighted by Crippen LogP contribution is 2.23. The van der Waals surface area contributed by atoms with Crippen LogP contribution in [0.1, 0.15) is 15.9 Å². The number of nitrogens with one attached hydrogen (secondary N) is 2. The number of anilines is 1. The number of amides is 2. The largest absolute Gasteiger partial charge is 0.360 e. The SMILES string of the molecule is Cc1c(Cl)cccc1N/C=C(\C#N)C(=O)NC(=O)c1ccccc1. The summed E-state index contributed by atoms with van der Waals surface area (Å²) in [6, 6.07) is 15.3. The molecule has 0 saturated carbocycles. The number of carbonyl (C=O) groups excluding carboxylic acids is 2. The summed E-state index contributed by atoms with van der Waals surface area (Å²) in [6.07, 6.45) is 1.24. The molecular weight excluding hydrogens is 326 g/mol. The van der Waals surface area contributed by atoms with E-state index in [2.05, 4.69) is 10.6 Å². The van der Waals surface area contributed by atoms with Crippen LogP contribution in [-0.4, -0.2) is 11.8 Å². The molecule has 5 nitrogen and oxygen atoms in total. The van der Waals surface area contributed by atoms with Gasteiger partial charge in [0.15, 0.2) is 0 Å². The smallest absolute Gasteiger partial charge is 0.270 e. The van der Waals surface area contributed by atoms with E-state index in [1.165, 1.54) is 6.20 Å². The number of nitrogens with zero attached hydrogens (tertiary/aromatic N) is 1. The second-order valence-corrected chi connectivity index (χ2v) is 5.28. The van der Waals surface area contributed by atoms with Gasteiger partial charge in [-0.25, -0.2) is 0 Å². The van der Waals surface area contributed by atoms with Crippen molar-refractivity contribution in [3.63, 3.8) is 0 Å². The zero-order chi connectivity index (χ0) is 17.5. The van der Waals surface area contributed by atoms with Crippen LogP contribution in [-0.2, 0) is 4.79 Å². The van der Waals surface area contributed by atoms with Crippen molar-refractivity contribution in [1.29, 1.82) is 5.26 Å². The quantitative estimate of drug-likeness (QED) is 0.660. The van der Waals surface area contributed by atoms with Crippen molar-refractivity contribution in [2.45, 2.75) is 6.92 Å². The van der Waals surface area contributed by atoms with E-state index in [1.54, 1.807) is 54.6 Å². The summed E-state index contributed by atoms with van der Waals surface area (Å²) in [5, 5.41) is 14.7. The second-order valence-electron chi connectivity index (χ2n) is 4.88. The lowest BCUT2D eigenvalue weighted by molar-refractivity contribution is -0.116. The van der Waals surface area contributed by atoms with E-state index in [0.717, 1.165) is 5.56 Å². The Labute approximate surface area is 144 Å². The average Bonchev–Trinajstić information content (AvgIpc) is 2.59. The monoisotopic (exact) mass is 339 g/mol. The molecule has 0 atom stereocenters. The number of halogens is 1. The van der Waals surface area contributed by atoms with Gasteiger partial charge in [-0.1, -0.05) is 35.9 Å². The molecule has 0 aromatic heterocycles. The van der Waals surface area contributed by atoms with Gasteiger partial charge < -0.3 is 5.32 Å². The molecule has 6 heteroatoms. The fraction of sp³-hybridized carbons (Fsp3) is 0.0556. The lowest BCUT2D eigenvalue weighted by Crippen LogP contribution is -2.31. The van der Waals surface area contributed by atoms with Gasteiger partial charge >= 0.3 is 0 Å². The number of nitriles is 1. The lowest BCUT2D eigenvalue weighted by Gasteiger charge is -2.08. The van der Waals surface area contributed by atoms with Gasteiger partial charge in [-0.15, -0.1) is 0 Å². The first-order valence-corrected chi connectivity index (χ1v) is 7.43. The number of benzene rings is 2. The van der Waals surface area contributed by atoms with Crippen LogP contribution in [0.25, 0.3) is 0 Å². The molecule has 0 heterocycles. The molecule has 0 fully saturated rings. The van der Waals surface area contributed by atoms with E-state index in [9.17, 15) is 9.59 Å². The van der Waals surface area contributed by atoms with Gasteiger partial charge in [0, 0.05) is 22.5 Å². The highest BCUT2D eigenvalue weighted by atomic mass is 35.5. The van der Waals surface area contributed by atoms with Gasteiger partial charge in [0.2, 0.25) is 0 Å². The maximum absolute atomic E-state index is 12.0. The molecule has 0 unspecified atom stereocenters. The van der Waals surface area contributed by atoms with Crippen LogP contribution in [0.3, 0.4) is 0 Å². The standard InChI is InChI=1S/C18H14ClN3O2/c1-12-15(19)8-5-9-16(12)21-11-14(10-20)18(24)22-17(23)13-6-3-2-4-7-13/h2-9,11,21H,1H3,(H,22,23,24)/b14-11+. The lowest BCUT2D eigenvalue weighted by atomic mass is 10.2. The summed E-state index contributed by atoms with van der Waals surface area (Å²) in [5.41, 5.74) is 1.56. The predicted octanol–water partition coefficient (Wildman–Crippen LogP) is 3.42. The summed E-state index contributed by atoms with van der Waals surface area (Å²) < 4.78 is 0. The molecule has 2 aromatic rings. The maximum Gasteiger partial charge on any atom is 0.270 e. The van der Waals surface area contributed by atoms with Crippen molar-refractivity contribution >= 4 is 29.1 Å². The fourth-order valence-corrected chi connectivity index (χ4v) is 2.07. The van der Waals surface area contributed by atoms with Crippen LogP contribution >= 0.6 is 11.6 Å². The van der Waals surface area contributed by atoms with E-state index in [-0.39, 0.29) is 5.57 Å². The topological polar surface area (TPSA) is 82.0 Å². The number of rotatable bonds is 4. The van der Waals surface area contributed by atoms with E-state index in [0.29, 0.717) is 16.3 Å². The van der Waals surface area contributed by atoms with E-state index in [1.807, 2.05) is 6.92 Å². The number of hydrogen-bond donors (Lipinski definition) is 2. The maximum atomic E-state index is 12.0. The first kappa shape index (κ1) is 17.3. The van der Waals surface area contributed by atoms with Crippen molar-refractivity contribution in [3.05, 3.63) is 76.5 Å². The Hall–Kier alpha value is -3.10. The molecule has 0 aliphatic carbocycles. The molecule has 0 aliphatic rings. The average molecular weight is 340 g/mol. The summed E-state index contributed by atoms with van der Waals surface area (Å²) in [6.45, 7) is 1.81. The molecule has 0 aliphatic heterocycles. The van der Waals surface area contributed by atoms with Crippen LogP contribution in [0.4, 0.5) is 5.69 Å². The first-order valence-electron chi connectivity index (χ1n) is 7.05. The molecule has 2 amide bonds. The van der Waals surface area contributed by atoms with Crippen LogP contribution < -0.4 is 10.6 Å². The van der Waals surface area contributed by atoms with Gasteiger partial charge in [-0.05, 0) is 36.8 Å². The Morgan fingerprint density at radius 3 is 2.50 bits per heavy atom. The third-order valence-electron chi connectivity index (χ3n) is 3.27. The minimum atomic E-state index is -0.779. The van der Waals surface area contributed by atoms with Crippen molar-refractivity contribution in [3.8, 4) is 6.07 Å². The Kier molecular flexibility index (Phi) is 5.72. The summed E-state index contributed by atoms with van der Waals surface area (Å²) in [7, 11) is 0. The molecule has 0 spiro atoms. The Bertz CT molecular complexity index is 839. The number of carbonyl (C=O) groups is 2. The second kappa shape index (κ2) is 7.95. The zero-order valence-electron chi connectivity index (χ0n) is 12.8. The summed E-state index contributed by atoms with van der Waals surface area (Å²) >= 11 is 6.01. The number of imide groups is 1. The van der Waals surface area contributed by atoms with Crippen LogP contribution in [0, 0.1) is 18.3 Å². The third kappa shape index (κ3) is 4.22. The molecule has 2 aromatic carbocycles. The normalized spacial score (nSPS) is 10.6. The van der Waals surface area contributed by atoms with Gasteiger partial charge in [0.25, 0.3) is 11.8 Å². The third-order valence-corrected chi connectivity index (χ3v) is 3.68. The van der Waals surface area contributed by atoms with Gasteiger partial charge in [0.1, 0.15) is 11.6 Å². The number of hydrogen-bond acceptors (Lipinski definition) is 4. The van der Waals surface area contributed by atoms with Crippen molar-refractivity contribution < 1.29 is 9.59 Å². The van der Waals surface area contributed by atoms with Gasteiger partial charge in [-0.2, -0.15) is 5.26 Å². The molecular formula is C18H14ClN3O2. The molecule has 0 bridgehead atoms. The van der Waals surface area contributed by atoms with E-state index in [4.69, 9.17) is 16.9 Å². The molecule has 120 valence electrons. The van der Waals surface area contributed by atoms with Gasteiger partial charge in [-0.3, -0.25) is 14.9 Å². The van der Waals surface area contributed by atoms with Crippen molar-refractivity contribution in [2.75, 3.05) is 5.32 Å². The van der Waals surface area contributed by atoms with Crippen LogP contribution in [0.2, 0.25) is 5.02 Å². The molecule has 0 radical (unpaired) electrons. The summed E-state index contributed by atoms with van der Waals surface area (Å²) in [4.78, 5) is 24.0. The van der Waals surface area contributed by atoms with Crippen molar-refractivity contribution in [2.24, 2.45) is 0 Å². The molecule has 24 heavy (non-hydrogen) atoms. The summed E-state index contributed by atoms with van der Waals surface area (Å²) in [5.74, 6) is -1.35. The highest BCUT2D eigenvalue weighted by Gasteiger charge is 2.14. The fourth-order valence-electron chi connectivity index (χ4n) is 1.89. The van der Waals surface area contributed by atoms with E-state index < -0.39 is 11.8 Å². The van der Waals surface area contributed by atoms with Gasteiger partial charge in [0.05, 0.1) is 0 Å². The van der Waals surface area contributed by atoms with E-state index >= 15 is 0 Å². The van der Waals surface area contributed by atoms with Crippen LogP contribution in [0.15, 0.2) is 60.3 Å². The Morgan fingerprint density at radius 2 is 1.83 bits per heavy atom. The Morgan fingerprint density at radius 1 is 1.12 bits per heavy atom. The minimum Gasteiger partial charge on any atom is -0.360 e. The van der Waals surface area contributed by atoms with Crippen molar-refractivity contribution in [1.82, 2.24) is 5.32 Å². The van der Waals surface area contributed by atoms with Crippen LogP contribution in [0.5, 0.6) is 0 Å². The first-order chi connectivity index (χ1) is 11.5. The molecule has 2 N–H and O–H groups in total. The molecule has 0 saturated heterocycles. The Balaban J connectivity index is 2.10. The highest BCUT2D eigenvalue weighted by molar-refractivity contribution is 6.31.